The van der Waals surface area contributed by atoms with Crippen LogP contribution in [0.4, 0.5) is 0 Å². The van der Waals surface area contributed by atoms with E-state index in [0.717, 1.165) is 19.3 Å². The summed E-state index contributed by atoms with van der Waals surface area (Å²) >= 11 is 0. The van der Waals surface area contributed by atoms with Crippen molar-refractivity contribution in [2.24, 2.45) is 5.92 Å². The highest BCUT2D eigenvalue weighted by Crippen LogP contribution is 2.50. The topological polar surface area (TPSA) is 12.7 Å². The summed E-state index contributed by atoms with van der Waals surface area (Å²) in [6.45, 7) is 29.1. The molecular formula is C52H63N3Si+2. The molecule has 8 rings (SSSR count). The Morgan fingerprint density at radius 2 is 1.55 bits per heavy atom. The largest absolute Gasteiger partial charge is 0.267 e. The number of para-hydroxylation sites is 2. The summed E-state index contributed by atoms with van der Waals surface area (Å²) in [6.07, 6.45) is 9.10. The zero-order valence-electron chi connectivity index (χ0n) is 35.8. The summed E-state index contributed by atoms with van der Waals surface area (Å²) in [7, 11) is -1.66. The number of aryl methyl sites for hydroxylation is 1. The number of pyridine rings is 1. The van der Waals surface area contributed by atoms with Crippen LogP contribution in [-0.2, 0) is 18.3 Å². The first-order valence-electron chi connectivity index (χ1n) is 21.4. The first-order valence-corrected chi connectivity index (χ1v) is 24.9. The average Bonchev–Trinajstić information content (AvgIpc) is 3.61. The van der Waals surface area contributed by atoms with Crippen molar-refractivity contribution in [3.05, 3.63) is 137 Å². The Morgan fingerprint density at radius 1 is 0.857 bits per heavy atom. The van der Waals surface area contributed by atoms with Crippen LogP contribution >= 0.6 is 0 Å². The number of imidazole rings is 1. The van der Waals surface area contributed by atoms with Crippen LogP contribution in [0.2, 0.25) is 19.6 Å². The quantitative estimate of drug-likeness (QED) is 0.0922. The van der Waals surface area contributed by atoms with Crippen LogP contribution < -0.4 is 14.3 Å². The van der Waals surface area contributed by atoms with Gasteiger partial charge in [0.15, 0.2) is 23.3 Å². The minimum absolute atomic E-state index is 0.0670. The number of benzene rings is 4. The molecule has 3 nitrogen and oxygen atoms in total. The van der Waals surface area contributed by atoms with Crippen molar-refractivity contribution in [1.82, 2.24) is 4.57 Å². The van der Waals surface area contributed by atoms with Crippen molar-refractivity contribution >= 4 is 30.0 Å². The lowest BCUT2D eigenvalue weighted by atomic mass is 9.78. The predicted molar refractivity (Wildman–Crippen MR) is 240 cm³/mol. The second kappa shape index (κ2) is 14.4. The summed E-state index contributed by atoms with van der Waals surface area (Å²) < 4.78 is 7.82. The van der Waals surface area contributed by atoms with Crippen LogP contribution in [0, 0.1) is 12.8 Å². The lowest BCUT2D eigenvalue weighted by molar-refractivity contribution is -0.719. The Bertz CT molecular complexity index is 2490. The van der Waals surface area contributed by atoms with Crippen molar-refractivity contribution in [2.45, 2.75) is 124 Å². The second-order valence-corrected chi connectivity index (χ2v) is 23.8. The van der Waals surface area contributed by atoms with E-state index < -0.39 is 8.07 Å². The molecule has 3 heterocycles. The number of allylic oxidation sites excluding steroid dienone is 1. The van der Waals surface area contributed by atoms with E-state index >= 15 is 0 Å². The number of unbranched alkanes of at least 4 members (excludes halogenated alkanes) is 1. The van der Waals surface area contributed by atoms with Crippen LogP contribution in [0.15, 0.2) is 104 Å². The van der Waals surface area contributed by atoms with Crippen LogP contribution in [0.25, 0.3) is 44.8 Å². The van der Waals surface area contributed by atoms with Gasteiger partial charge in [0.2, 0.25) is 5.69 Å². The molecule has 4 aromatic carbocycles. The standard InChI is InChI=1S/C52H63N3Si/c1-12-14-21-40-38-22-15-16-24-41(38)49-31-37(28-34(3)4)50(56(9,10)11)33-53(49)48(40)30-36(6)54-45-26-19-20-27-46(45)55(51(54)13-2)47-32-44-42(29-35(47)5)39-23-17-18-25-43(39)52(44,7)8/h15-20,22-27,29,31-34,40,48H,6,12-14,21,28,30H2,1-5,7-11H3/q+2. The molecule has 0 amide bonds. The summed E-state index contributed by atoms with van der Waals surface area (Å²) in [4.78, 5) is 0. The summed E-state index contributed by atoms with van der Waals surface area (Å²) in [6, 6.07) is 35.1. The first-order chi connectivity index (χ1) is 26.8. The third kappa shape index (κ3) is 6.24. The zero-order valence-corrected chi connectivity index (χ0v) is 36.8. The van der Waals surface area contributed by atoms with Gasteiger partial charge in [-0.3, -0.25) is 0 Å². The second-order valence-electron chi connectivity index (χ2n) is 18.8. The number of hydrogen-bond donors (Lipinski definition) is 0. The van der Waals surface area contributed by atoms with Gasteiger partial charge in [0.1, 0.15) is 11.4 Å². The first kappa shape index (κ1) is 38.3. The van der Waals surface area contributed by atoms with E-state index in [9.17, 15) is 0 Å². The molecular weight excluding hydrogens is 695 g/mol. The number of rotatable bonds is 11. The monoisotopic (exact) mass is 757 g/mol. The van der Waals surface area contributed by atoms with Crippen molar-refractivity contribution in [3.8, 4) is 28.1 Å². The fraction of sp³-hybridized carbons (Fsp3) is 0.385. The lowest BCUT2D eigenvalue weighted by Crippen LogP contribution is -2.54. The molecule has 4 heteroatoms. The van der Waals surface area contributed by atoms with Crippen LogP contribution in [-0.4, -0.2) is 12.6 Å². The van der Waals surface area contributed by atoms with Gasteiger partial charge in [-0.25, -0.2) is 0 Å². The highest BCUT2D eigenvalue weighted by Gasteiger charge is 2.44. The van der Waals surface area contributed by atoms with E-state index in [-0.39, 0.29) is 11.5 Å². The van der Waals surface area contributed by atoms with Crippen molar-refractivity contribution in [1.29, 1.82) is 0 Å². The molecule has 0 fully saturated rings. The molecule has 0 saturated carbocycles. The van der Waals surface area contributed by atoms with Gasteiger partial charge in [-0.15, -0.1) is 0 Å². The Kier molecular flexibility index (Phi) is 9.88. The third-order valence-electron chi connectivity index (χ3n) is 13.1. The van der Waals surface area contributed by atoms with E-state index in [1.165, 1.54) is 92.1 Å². The van der Waals surface area contributed by atoms with Crippen molar-refractivity contribution in [3.63, 3.8) is 0 Å². The SMILES string of the molecule is C=C(CC1C(CCCC)c2ccccc2-c2cc(CC(C)C)c([Si](C)(C)C)c[n+]21)[n+]1c(CC)n(-c2cc3c(cc2C)-c2ccccc2C3(C)C)c2ccccc21. The maximum atomic E-state index is 5.03. The normalized spacial score (nSPS) is 16.8. The molecule has 1 aliphatic heterocycles. The molecule has 56 heavy (non-hydrogen) atoms. The Hall–Kier alpha value is -4.54. The van der Waals surface area contributed by atoms with Crippen LogP contribution in [0.1, 0.15) is 113 Å². The number of nitrogens with zero attached hydrogens (tertiary/aromatic N) is 3. The predicted octanol–water partition coefficient (Wildman–Crippen LogP) is 12.2. The van der Waals surface area contributed by atoms with Gasteiger partial charge >= 0.3 is 0 Å². The Balaban J connectivity index is 1.30. The van der Waals surface area contributed by atoms with Gasteiger partial charge in [0.25, 0.3) is 5.82 Å². The molecule has 6 aromatic rings. The smallest absolute Gasteiger partial charge is 0.196 e. The Morgan fingerprint density at radius 3 is 2.27 bits per heavy atom. The van der Waals surface area contributed by atoms with Gasteiger partial charge in [-0.2, -0.15) is 13.7 Å². The molecule has 2 atom stereocenters. The average molecular weight is 758 g/mol. The molecule has 0 bridgehead atoms. The molecule has 0 radical (unpaired) electrons. The van der Waals surface area contributed by atoms with Gasteiger partial charge < -0.3 is 0 Å². The van der Waals surface area contributed by atoms with Gasteiger partial charge in [0, 0.05) is 34.6 Å². The molecule has 0 saturated heterocycles. The van der Waals surface area contributed by atoms with E-state index in [2.05, 4.69) is 179 Å². The van der Waals surface area contributed by atoms with Crippen molar-refractivity contribution in [2.75, 3.05) is 0 Å². The summed E-state index contributed by atoms with van der Waals surface area (Å²) in [5.41, 5.74) is 17.6. The van der Waals surface area contributed by atoms with E-state index in [0.29, 0.717) is 11.8 Å². The number of hydrogen-bond acceptors (Lipinski definition) is 0. The fourth-order valence-electron chi connectivity index (χ4n) is 10.4. The van der Waals surface area contributed by atoms with E-state index in [1.807, 2.05) is 0 Å². The minimum Gasteiger partial charge on any atom is -0.196 e. The van der Waals surface area contributed by atoms with Crippen LogP contribution in [0.5, 0.6) is 0 Å². The highest BCUT2D eigenvalue weighted by molar-refractivity contribution is 6.89. The highest BCUT2D eigenvalue weighted by atomic mass is 28.3. The Labute approximate surface area is 337 Å². The lowest BCUT2D eigenvalue weighted by Gasteiger charge is -2.33. The number of aromatic nitrogens is 3. The van der Waals surface area contributed by atoms with Gasteiger partial charge in [-0.05, 0) is 95.0 Å². The molecule has 1 aliphatic carbocycles. The number of fused-ring (bicyclic) bond motifs is 7. The van der Waals surface area contributed by atoms with Gasteiger partial charge in [-0.1, -0.05) is 135 Å². The molecule has 2 aliphatic rings. The maximum absolute atomic E-state index is 5.03. The summed E-state index contributed by atoms with van der Waals surface area (Å²) in [5, 5.41) is 1.61. The maximum Gasteiger partial charge on any atom is 0.267 e. The fourth-order valence-corrected chi connectivity index (χ4v) is 12.1. The minimum atomic E-state index is -1.66. The molecule has 2 unspecified atom stereocenters. The van der Waals surface area contributed by atoms with Crippen LogP contribution in [0.3, 0.4) is 0 Å². The zero-order chi connectivity index (χ0) is 39.7. The van der Waals surface area contributed by atoms with E-state index in [4.69, 9.17) is 6.58 Å². The summed E-state index contributed by atoms with van der Waals surface area (Å²) in [5.74, 6) is 2.30. The molecule has 2 aromatic heterocycles. The van der Waals surface area contributed by atoms with Gasteiger partial charge in [0.05, 0.1) is 14.5 Å². The third-order valence-corrected chi connectivity index (χ3v) is 15.1. The van der Waals surface area contributed by atoms with E-state index in [1.54, 1.807) is 10.8 Å². The van der Waals surface area contributed by atoms with Crippen molar-refractivity contribution < 1.29 is 9.13 Å². The molecule has 0 spiro atoms. The molecule has 288 valence electrons. The molecule has 0 N–H and O–H groups in total.